The molecule has 0 heterocycles. The van der Waals surface area contributed by atoms with Crippen LogP contribution in [0.5, 0.6) is 5.75 Å². The fourth-order valence-electron chi connectivity index (χ4n) is 1.68. The van der Waals surface area contributed by atoms with Crippen LogP contribution in [0, 0.1) is 0 Å². The molecule has 0 aromatic heterocycles. The van der Waals surface area contributed by atoms with Crippen molar-refractivity contribution in [2.45, 2.75) is 26.3 Å². The Balaban J connectivity index is 2.59. The second kappa shape index (κ2) is 6.75. The molecule has 0 aliphatic rings. The fourth-order valence-corrected chi connectivity index (χ4v) is 2.84. The first-order chi connectivity index (χ1) is 8.46. The maximum Gasteiger partial charge on any atom is 0.153 e. The summed E-state index contributed by atoms with van der Waals surface area (Å²) < 4.78 is 28.6. The van der Waals surface area contributed by atoms with E-state index in [9.17, 15) is 8.42 Å². The van der Waals surface area contributed by atoms with Crippen LogP contribution in [0.15, 0.2) is 24.3 Å². The molecular weight excluding hydrogens is 250 g/mol. The molecule has 4 nitrogen and oxygen atoms in total. The number of hydrogen-bond donors (Lipinski definition) is 1. The Bertz CT molecular complexity index is 469. The molecule has 0 bridgehead atoms. The second-order valence-corrected chi connectivity index (χ2v) is 6.63. The minimum Gasteiger partial charge on any atom is -0.492 e. The van der Waals surface area contributed by atoms with Crippen LogP contribution in [0.3, 0.4) is 0 Å². The zero-order valence-corrected chi connectivity index (χ0v) is 11.7. The lowest BCUT2D eigenvalue weighted by Gasteiger charge is -2.13. The number of hydrogen-bond acceptors (Lipinski definition) is 4. The molecule has 0 spiro atoms. The molecule has 0 saturated carbocycles. The summed E-state index contributed by atoms with van der Waals surface area (Å²) in [6.45, 7) is 3.89. The number of sulfone groups is 1. The summed E-state index contributed by atoms with van der Waals surface area (Å²) in [5.74, 6) is 0.929. The van der Waals surface area contributed by atoms with Gasteiger partial charge in [0, 0.05) is 11.6 Å². The molecule has 0 aliphatic carbocycles. The highest BCUT2D eigenvalue weighted by Crippen LogP contribution is 2.23. The van der Waals surface area contributed by atoms with Gasteiger partial charge in [0.25, 0.3) is 0 Å². The first-order valence-electron chi connectivity index (χ1n) is 6.14. The molecule has 1 atom stereocenters. The van der Waals surface area contributed by atoms with Gasteiger partial charge in [0.05, 0.1) is 11.5 Å². The highest BCUT2D eigenvalue weighted by Gasteiger charge is 2.11. The van der Waals surface area contributed by atoms with Crippen molar-refractivity contribution in [3.8, 4) is 5.75 Å². The van der Waals surface area contributed by atoms with Gasteiger partial charge in [-0.05, 0) is 19.4 Å². The van der Waals surface area contributed by atoms with Crippen LogP contribution in [0.4, 0.5) is 0 Å². The van der Waals surface area contributed by atoms with E-state index in [2.05, 4.69) is 0 Å². The summed E-state index contributed by atoms with van der Waals surface area (Å²) in [6.07, 6.45) is 0.638. The molecule has 5 heteroatoms. The number of nitrogens with two attached hydrogens (primary N) is 1. The fraction of sp³-hybridized carbons (Fsp3) is 0.538. The van der Waals surface area contributed by atoms with Gasteiger partial charge in [0.2, 0.25) is 0 Å². The number of para-hydroxylation sites is 1. The highest BCUT2D eigenvalue weighted by molar-refractivity contribution is 7.91. The van der Waals surface area contributed by atoms with Gasteiger partial charge in [-0.2, -0.15) is 0 Å². The summed E-state index contributed by atoms with van der Waals surface area (Å²) in [7, 11) is -2.99. The van der Waals surface area contributed by atoms with Gasteiger partial charge in [0.1, 0.15) is 12.4 Å². The van der Waals surface area contributed by atoms with Gasteiger partial charge in [0.15, 0.2) is 9.84 Å². The van der Waals surface area contributed by atoms with Gasteiger partial charge in [-0.1, -0.05) is 25.1 Å². The second-order valence-electron chi connectivity index (χ2n) is 4.33. The van der Waals surface area contributed by atoms with Crippen LogP contribution in [0.1, 0.15) is 31.9 Å². The monoisotopic (exact) mass is 271 g/mol. The van der Waals surface area contributed by atoms with E-state index in [1.54, 1.807) is 0 Å². The topological polar surface area (TPSA) is 69.4 Å². The molecule has 102 valence electrons. The lowest BCUT2D eigenvalue weighted by molar-refractivity contribution is 0.335. The van der Waals surface area contributed by atoms with E-state index in [0.717, 1.165) is 5.56 Å². The standard InChI is InChI=1S/C13H21NO3S/c1-3-9-18(15,16)10-8-17-13-7-5-4-6-12(13)11(2)14/h4-7,11H,3,8-10,14H2,1-2H3/t11-/m0/s1. The predicted octanol–water partition coefficient (Wildman–Crippen LogP) is 1.91. The van der Waals surface area contributed by atoms with Crippen molar-refractivity contribution in [1.29, 1.82) is 0 Å². The van der Waals surface area contributed by atoms with E-state index in [-0.39, 0.29) is 24.2 Å². The van der Waals surface area contributed by atoms with Crippen LogP contribution in [0.2, 0.25) is 0 Å². The summed E-state index contributed by atoms with van der Waals surface area (Å²) in [4.78, 5) is 0. The summed E-state index contributed by atoms with van der Waals surface area (Å²) in [6, 6.07) is 7.31. The number of ether oxygens (including phenoxy) is 1. The maximum absolute atomic E-state index is 11.5. The molecule has 0 radical (unpaired) electrons. The van der Waals surface area contributed by atoms with Crippen LogP contribution < -0.4 is 10.5 Å². The van der Waals surface area contributed by atoms with E-state index in [0.29, 0.717) is 12.2 Å². The molecule has 0 aliphatic heterocycles. The van der Waals surface area contributed by atoms with Crippen molar-refractivity contribution in [3.63, 3.8) is 0 Å². The van der Waals surface area contributed by atoms with Gasteiger partial charge in [-0.15, -0.1) is 0 Å². The Labute approximate surface area is 109 Å². The molecule has 0 fully saturated rings. The Hall–Kier alpha value is -1.07. The minimum absolute atomic E-state index is 0.0497. The Morgan fingerprint density at radius 3 is 2.56 bits per heavy atom. The van der Waals surface area contributed by atoms with Crippen molar-refractivity contribution < 1.29 is 13.2 Å². The first kappa shape index (κ1) is 15.0. The third-order valence-corrected chi connectivity index (χ3v) is 4.40. The Morgan fingerprint density at radius 1 is 1.28 bits per heavy atom. The molecule has 0 unspecified atom stereocenters. The molecule has 1 aromatic carbocycles. The van der Waals surface area contributed by atoms with Crippen LogP contribution >= 0.6 is 0 Å². The third kappa shape index (κ3) is 4.66. The normalized spacial score (nSPS) is 13.3. The smallest absolute Gasteiger partial charge is 0.153 e. The zero-order chi connectivity index (χ0) is 13.6. The Kier molecular flexibility index (Phi) is 5.62. The molecule has 18 heavy (non-hydrogen) atoms. The maximum atomic E-state index is 11.5. The van der Waals surface area contributed by atoms with Crippen molar-refractivity contribution in [3.05, 3.63) is 29.8 Å². The van der Waals surface area contributed by atoms with E-state index in [1.165, 1.54) is 0 Å². The SMILES string of the molecule is CCCS(=O)(=O)CCOc1ccccc1[C@H](C)N. The summed E-state index contributed by atoms with van der Waals surface area (Å²) >= 11 is 0. The molecular formula is C13H21NO3S. The lowest BCUT2D eigenvalue weighted by atomic mass is 10.1. The highest BCUT2D eigenvalue weighted by atomic mass is 32.2. The molecule has 1 rings (SSSR count). The number of benzene rings is 1. The molecule has 2 N–H and O–H groups in total. The first-order valence-corrected chi connectivity index (χ1v) is 7.96. The molecule has 0 saturated heterocycles. The quantitative estimate of drug-likeness (QED) is 0.822. The average molecular weight is 271 g/mol. The zero-order valence-electron chi connectivity index (χ0n) is 10.9. The van der Waals surface area contributed by atoms with Gasteiger partial charge < -0.3 is 10.5 Å². The largest absolute Gasteiger partial charge is 0.492 e. The van der Waals surface area contributed by atoms with E-state index >= 15 is 0 Å². The van der Waals surface area contributed by atoms with Gasteiger partial charge >= 0.3 is 0 Å². The van der Waals surface area contributed by atoms with Crippen LogP contribution in [-0.4, -0.2) is 26.5 Å². The predicted molar refractivity (Wildman–Crippen MR) is 73.5 cm³/mol. The Morgan fingerprint density at radius 2 is 1.94 bits per heavy atom. The molecule has 0 amide bonds. The van der Waals surface area contributed by atoms with Gasteiger partial charge in [-0.25, -0.2) is 8.42 Å². The van der Waals surface area contributed by atoms with Crippen LogP contribution in [-0.2, 0) is 9.84 Å². The van der Waals surface area contributed by atoms with Crippen molar-refractivity contribution >= 4 is 9.84 Å². The summed E-state index contributed by atoms with van der Waals surface area (Å²) in [5, 5.41) is 0. The van der Waals surface area contributed by atoms with Crippen molar-refractivity contribution in [2.75, 3.05) is 18.1 Å². The third-order valence-electron chi connectivity index (χ3n) is 2.58. The van der Waals surface area contributed by atoms with Crippen molar-refractivity contribution in [1.82, 2.24) is 0 Å². The van der Waals surface area contributed by atoms with E-state index in [4.69, 9.17) is 10.5 Å². The van der Waals surface area contributed by atoms with Gasteiger partial charge in [-0.3, -0.25) is 0 Å². The minimum atomic E-state index is -2.99. The van der Waals surface area contributed by atoms with E-state index in [1.807, 2.05) is 38.1 Å². The number of rotatable bonds is 7. The molecule has 1 aromatic rings. The van der Waals surface area contributed by atoms with E-state index < -0.39 is 9.84 Å². The van der Waals surface area contributed by atoms with Crippen LogP contribution in [0.25, 0.3) is 0 Å². The average Bonchev–Trinajstić information content (AvgIpc) is 2.29. The van der Waals surface area contributed by atoms with Crippen molar-refractivity contribution in [2.24, 2.45) is 5.73 Å². The lowest BCUT2D eigenvalue weighted by Crippen LogP contribution is -2.17. The summed E-state index contributed by atoms with van der Waals surface area (Å²) in [5.41, 5.74) is 6.72.